The summed E-state index contributed by atoms with van der Waals surface area (Å²) in [5.74, 6) is -0.359. The fraction of sp³-hybridized carbons (Fsp3) is 0.333. The summed E-state index contributed by atoms with van der Waals surface area (Å²) >= 11 is 0. The molecule has 0 spiro atoms. The predicted molar refractivity (Wildman–Crippen MR) is 149 cm³/mol. The summed E-state index contributed by atoms with van der Waals surface area (Å²) in [6, 6.07) is 14.5. The van der Waals surface area contributed by atoms with Gasteiger partial charge in [-0.3, -0.25) is 14.3 Å². The maximum Gasteiger partial charge on any atom is 0.337 e. The van der Waals surface area contributed by atoms with E-state index in [-0.39, 0.29) is 23.2 Å². The summed E-state index contributed by atoms with van der Waals surface area (Å²) in [6.45, 7) is 6.37. The van der Waals surface area contributed by atoms with E-state index in [4.69, 9.17) is 9.72 Å². The Bertz CT molecular complexity index is 1600. The third-order valence-corrected chi connectivity index (χ3v) is 7.68. The van der Waals surface area contributed by atoms with Gasteiger partial charge in [0, 0.05) is 43.2 Å². The molecule has 4 heterocycles. The average molecular weight is 526 g/mol. The van der Waals surface area contributed by atoms with Crippen molar-refractivity contribution in [3.8, 4) is 0 Å². The van der Waals surface area contributed by atoms with E-state index in [1.165, 1.54) is 0 Å². The number of hydrogen-bond donors (Lipinski definition) is 2. The Morgan fingerprint density at radius 3 is 2.69 bits per heavy atom. The molecular weight excluding hydrogens is 494 g/mol. The van der Waals surface area contributed by atoms with Crippen LogP contribution in [0.3, 0.4) is 0 Å². The number of carboxylic acid groups (broad SMARTS) is 1. The van der Waals surface area contributed by atoms with Crippen LogP contribution in [0.15, 0.2) is 59.5 Å². The van der Waals surface area contributed by atoms with Crippen molar-refractivity contribution in [2.45, 2.75) is 51.9 Å². The number of hydrogen-bond acceptors (Lipinski definition) is 7. The van der Waals surface area contributed by atoms with Gasteiger partial charge in [-0.2, -0.15) is 0 Å². The van der Waals surface area contributed by atoms with E-state index in [0.29, 0.717) is 48.8 Å². The maximum atomic E-state index is 14.2. The van der Waals surface area contributed by atoms with E-state index in [2.05, 4.69) is 21.3 Å². The van der Waals surface area contributed by atoms with Gasteiger partial charge in [0.2, 0.25) is 5.95 Å². The Morgan fingerprint density at radius 1 is 1.13 bits per heavy atom. The van der Waals surface area contributed by atoms with Gasteiger partial charge in [0.05, 0.1) is 34.7 Å². The molecule has 0 aliphatic carbocycles. The monoisotopic (exact) mass is 525 g/mol. The molecule has 9 nitrogen and oxygen atoms in total. The number of aryl methyl sites for hydroxylation is 1. The number of benzene rings is 2. The normalized spacial score (nSPS) is 16.3. The van der Waals surface area contributed by atoms with Gasteiger partial charge >= 0.3 is 5.97 Å². The third kappa shape index (κ3) is 4.63. The summed E-state index contributed by atoms with van der Waals surface area (Å²) in [4.78, 5) is 37.9. The van der Waals surface area contributed by atoms with E-state index in [1.54, 1.807) is 30.5 Å². The quantitative estimate of drug-likeness (QED) is 0.368. The Labute approximate surface area is 226 Å². The first-order chi connectivity index (χ1) is 18.9. The highest BCUT2D eigenvalue weighted by Gasteiger charge is 2.30. The molecule has 2 N–H and O–H groups in total. The molecule has 200 valence electrons. The molecule has 6 rings (SSSR count). The van der Waals surface area contributed by atoms with Gasteiger partial charge in [-0.15, -0.1) is 0 Å². The number of rotatable bonds is 6. The smallest absolute Gasteiger partial charge is 0.337 e. The van der Waals surface area contributed by atoms with E-state index < -0.39 is 5.97 Å². The highest BCUT2D eigenvalue weighted by atomic mass is 16.5. The lowest BCUT2D eigenvalue weighted by atomic mass is 10.00. The molecule has 2 aromatic heterocycles. The number of pyridine rings is 1. The Hall–Kier alpha value is -4.24. The van der Waals surface area contributed by atoms with Gasteiger partial charge in [0.1, 0.15) is 0 Å². The molecule has 1 fully saturated rings. The molecule has 2 aliphatic heterocycles. The number of fused-ring (bicyclic) bond motifs is 2. The van der Waals surface area contributed by atoms with Crippen LogP contribution in [0.2, 0.25) is 0 Å². The zero-order valence-electron chi connectivity index (χ0n) is 22.1. The SMILES string of the molecule is Cc1cc(C(C)Nc2ccccc2C(=O)O)c2nc(N3Cc4cccnc4C3)n(C3CCOCC3)c(=O)c2c1. The van der Waals surface area contributed by atoms with Crippen LogP contribution >= 0.6 is 0 Å². The summed E-state index contributed by atoms with van der Waals surface area (Å²) in [5.41, 5.74) is 5.19. The molecule has 0 radical (unpaired) electrons. The lowest BCUT2D eigenvalue weighted by molar-refractivity contribution is 0.0687. The van der Waals surface area contributed by atoms with Crippen LogP contribution in [0.25, 0.3) is 10.9 Å². The minimum Gasteiger partial charge on any atom is -0.478 e. The number of aromatic carboxylic acids is 1. The highest BCUT2D eigenvalue weighted by molar-refractivity contribution is 5.94. The summed E-state index contributed by atoms with van der Waals surface area (Å²) < 4.78 is 7.48. The van der Waals surface area contributed by atoms with Crippen molar-refractivity contribution in [3.63, 3.8) is 0 Å². The largest absolute Gasteiger partial charge is 0.478 e. The van der Waals surface area contributed by atoms with Crippen LogP contribution in [0, 0.1) is 6.92 Å². The number of anilines is 2. The average Bonchev–Trinajstić information content (AvgIpc) is 3.38. The second kappa shape index (κ2) is 10.1. The molecule has 4 aromatic rings. The molecule has 0 saturated carbocycles. The van der Waals surface area contributed by atoms with Crippen LogP contribution in [-0.4, -0.2) is 38.8 Å². The van der Waals surface area contributed by atoms with Crippen molar-refractivity contribution in [2.75, 3.05) is 23.4 Å². The number of nitrogens with zero attached hydrogens (tertiary/aromatic N) is 4. The summed E-state index contributed by atoms with van der Waals surface area (Å²) in [6.07, 6.45) is 3.30. The topological polar surface area (TPSA) is 110 Å². The summed E-state index contributed by atoms with van der Waals surface area (Å²) in [7, 11) is 0. The third-order valence-electron chi connectivity index (χ3n) is 7.68. The Morgan fingerprint density at radius 2 is 1.92 bits per heavy atom. The number of carboxylic acids is 1. The lowest BCUT2D eigenvalue weighted by Crippen LogP contribution is -2.35. The van der Waals surface area contributed by atoms with Crippen molar-refractivity contribution < 1.29 is 14.6 Å². The Balaban J connectivity index is 1.50. The molecule has 1 saturated heterocycles. The van der Waals surface area contributed by atoms with Gasteiger partial charge in [0.25, 0.3) is 5.56 Å². The van der Waals surface area contributed by atoms with E-state index in [9.17, 15) is 14.7 Å². The lowest BCUT2D eigenvalue weighted by Gasteiger charge is -2.30. The molecular formula is C30H31N5O4. The van der Waals surface area contributed by atoms with Crippen LogP contribution in [0.5, 0.6) is 0 Å². The van der Waals surface area contributed by atoms with Gasteiger partial charge in [-0.1, -0.05) is 24.3 Å². The number of aromatic nitrogens is 3. The number of carbonyl (C=O) groups is 1. The molecule has 1 unspecified atom stereocenters. The number of para-hydroxylation sites is 1. The molecule has 0 amide bonds. The van der Waals surface area contributed by atoms with Crippen molar-refractivity contribution in [1.82, 2.24) is 14.5 Å². The van der Waals surface area contributed by atoms with Gasteiger partial charge in [-0.25, -0.2) is 9.78 Å². The second-order valence-electron chi connectivity index (χ2n) is 10.4. The highest BCUT2D eigenvalue weighted by Crippen LogP contribution is 2.33. The summed E-state index contributed by atoms with van der Waals surface area (Å²) in [5, 5.41) is 13.6. The van der Waals surface area contributed by atoms with Gasteiger partial charge in [-0.05, 0) is 62.1 Å². The van der Waals surface area contributed by atoms with E-state index >= 15 is 0 Å². The van der Waals surface area contributed by atoms with Gasteiger partial charge in [0.15, 0.2) is 0 Å². The first-order valence-electron chi connectivity index (χ1n) is 13.3. The molecule has 39 heavy (non-hydrogen) atoms. The minimum atomic E-state index is -0.999. The number of ether oxygens (including phenoxy) is 1. The molecule has 2 aliphatic rings. The van der Waals surface area contributed by atoms with Crippen LogP contribution in [-0.2, 0) is 17.8 Å². The molecule has 2 aromatic carbocycles. The van der Waals surface area contributed by atoms with E-state index in [1.807, 2.05) is 36.6 Å². The first kappa shape index (κ1) is 25.1. The van der Waals surface area contributed by atoms with Gasteiger partial charge < -0.3 is 20.1 Å². The second-order valence-corrected chi connectivity index (χ2v) is 10.4. The van der Waals surface area contributed by atoms with E-state index in [0.717, 1.165) is 35.2 Å². The van der Waals surface area contributed by atoms with Crippen LogP contribution < -0.4 is 15.8 Å². The Kier molecular flexibility index (Phi) is 6.52. The maximum absolute atomic E-state index is 14.2. The zero-order valence-corrected chi connectivity index (χ0v) is 22.1. The molecule has 1 atom stereocenters. The van der Waals surface area contributed by atoms with Crippen molar-refractivity contribution >= 4 is 28.5 Å². The molecule has 0 bridgehead atoms. The fourth-order valence-electron chi connectivity index (χ4n) is 5.74. The zero-order chi connectivity index (χ0) is 27.1. The first-order valence-corrected chi connectivity index (χ1v) is 13.3. The number of nitrogens with one attached hydrogen (secondary N) is 1. The van der Waals surface area contributed by atoms with Crippen molar-refractivity contribution in [1.29, 1.82) is 0 Å². The standard InChI is InChI=1S/C30H31N5O4/c1-18-14-23(19(2)32-25-8-4-3-7-22(25)29(37)38)27-24(15-18)28(36)35(21-9-12-39-13-10-21)30(33-27)34-16-20-6-5-11-31-26(20)17-34/h3-8,11,14-15,19,21,32H,9-10,12-13,16-17H2,1-2H3,(H,37,38). The fourth-order valence-corrected chi connectivity index (χ4v) is 5.74. The predicted octanol–water partition coefficient (Wildman–Crippen LogP) is 4.84. The van der Waals surface area contributed by atoms with Crippen LogP contribution in [0.4, 0.5) is 11.6 Å². The van der Waals surface area contributed by atoms with Crippen molar-refractivity contribution in [2.24, 2.45) is 0 Å². The van der Waals surface area contributed by atoms with Crippen LogP contribution in [0.1, 0.15) is 64.6 Å². The molecule has 9 heteroatoms. The minimum absolute atomic E-state index is 0.00299. The van der Waals surface area contributed by atoms with Crippen molar-refractivity contribution in [3.05, 3.63) is 93.0 Å².